The second kappa shape index (κ2) is 4.50. The third-order valence-electron chi connectivity index (χ3n) is 1.81. The summed E-state index contributed by atoms with van der Waals surface area (Å²) in [4.78, 5) is 10.4. The summed E-state index contributed by atoms with van der Waals surface area (Å²) in [6.45, 7) is 0. The Labute approximate surface area is 93.2 Å². The van der Waals surface area contributed by atoms with E-state index in [-0.39, 0.29) is 11.3 Å². The summed E-state index contributed by atoms with van der Waals surface area (Å²) < 4.78 is 39.4. The Bertz CT molecular complexity index is 433. The average Bonchev–Trinajstić information content (AvgIpc) is 2.18. The zero-order valence-electron chi connectivity index (χ0n) is 8.23. The molecule has 0 saturated carbocycles. The van der Waals surface area contributed by atoms with Gasteiger partial charge in [-0.3, -0.25) is 0 Å². The number of halogens is 3. The zero-order chi connectivity index (χ0) is 13.2. The van der Waals surface area contributed by atoms with E-state index >= 15 is 0 Å². The zero-order valence-corrected chi connectivity index (χ0v) is 8.23. The van der Waals surface area contributed by atoms with Crippen LogP contribution in [-0.4, -0.2) is 22.5 Å². The van der Waals surface area contributed by atoms with Crippen molar-refractivity contribution >= 4 is 11.7 Å². The number of hydrogen-bond acceptors (Lipinski definition) is 4. The molecule has 0 bridgehead atoms. The van der Waals surface area contributed by atoms with E-state index in [9.17, 15) is 18.0 Å². The molecule has 1 rings (SSSR count). The number of carboxylic acid groups (broad SMARTS) is 1. The molecule has 0 saturated heterocycles. The topological polar surface area (TPSA) is 92.8 Å². The lowest BCUT2D eigenvalue weighted by Crippen LogP contribution is -2.18. The number of aliphatic hydroxyl groups is 1. The Morgan fingerprint density at radius 3 is 2.47 bits per heavy atom. The molecular formula is C9H8F3NO4. The third-order valence-corrected chi connectivity index (χ3v) is 1.81. The fraction of sp³-hybridized carbons (Fsp3) is 0.222. The number of aliphatic carboxylic acids is 1. The third kappa shape index (κ3) is 3.52. The number of carboxylic acids is 1. The van der Waals surface area contributed by atoms with E-state index < -0.39 is 24.2 Å². The monoisotopic (exact) mass is 251 g/mol. The molecule has 0 spiro atoms. The molecule has 0 heterocycles. The van der Waals surface area contributed by atoms with E-state index in [0.29, 0.717) is 0 Å². The Morgan fingerprint density at radius 2 is 2.00 bits per heavy atom. The molecule has 94 valence electrons. The van der Waals surface area contributed by atoms with Crippen LogP contribution in [0, 0.1) is 0 Å². The highest BCUT2D eigenvalue weighted by atomic mass is 19.4. The molecule has 0 aliphatic heterocycles. The molecule has 0 fully saturated rings. The van der Waals surface area contributed by atoms with E-state index in [2.05, 4.69) is 4.74 Å². The summed E-state index contributed by atoms with van der Waals surface area (Å²) >= 11 is 0. The molecule has 1 unspecified atom stereocenters. The van der Waals surface area contributed by atoms with E-state index in [1.54, 1.807) is 0 Å². The van der Waals surface area contributed by atoms with Crippen LogP contribution in [0.15, 0.2) is 18.2 Å². The highest BCUT2D eigenvalue weighted by Crippen LogP contribution is 2.30. The van der Waals surface area contributed by atoms with Gasteiger partial charge < -0.3 is 20.7 Å². The summed E-state index contributed by atoms with van der Waals surface area (Å²) in [5, 5.41) is 17.6. The van der Waals surface area contributed by atoms with Crippen LogP contribution < -0.4 is 10.5 Å². The minimum atomic E-state index is -4.94. The maximum Gasteiger partial charge on any atom is 0.573 e. The van der Waals surface area contributed by atoms with Crippen LogP contribution in [0.1, 0.15) is 11.7 Å². The molecule has 0 aliphatic carbocycles. The first-order chi connectivity index (χ1) is 7.70. The Hall–Kier alpha value is -1.96. The lowest BCUT2D eigenvalue weighted by molar-refractivity contribution is -0.274. The van der Waals surface area contributed by atoms with Crippen molar-refractivity contribution in [3.63, 3.8) is 0 Å². The lowest BCUT2D eigenvalue weighted by atomic mass is 10.1. The second-order valence-corrected chi connectivity index (χ2v) is 3.09. The highest BCUT2D eigenvalue weighted by molar-refractivity contribution is 5.74. The maximum atomic E-state index is 12.0. The molecule has 17 heavy (non-hydrogen) atoms. The summed E-state index contributed by atoms with van der Waals surface area (Å²) in [6.07, 6.45) is -6.88. The quantitative estimate of drug-likeness (QED) is 0.704. The summed E-state index contributed by atoms with van der Waals surface area (Å²) in [6, 6.07) is 2.83. The van der Waals surface area contributed by atoms with Crippen LogP contribution in [0.25, 0.3) is 0 Å². The molecule has 0 aliphatic rings. The first-order valence-corrected chi connectivity index (χ1v) is 4.27. The summed E-state index contributed by atoms with van der Waals surface area (Å²) in [5.74, 6) is -2.34. The molecule has 0 radical (unpaired) electrons. The van der Waals surface area contributed by atoms with Crippen molar-refractivity contribution < 1.29 is 32.9 Å². The number of aliphatic hydroxyl groups excluding tert-OH is 1. The normalized spacial score (nSPS) is 13.2. The molecule has 4 N–H and O–H groups in total. The van der Waals surface area contributed by atoms with Crippen LogP contribution in [0.4, 0.5) is 18.9 Å². The van der Waals surface area contributed by atoms with Gasteiger partial charge in [0.1, 0.15) is 0 Å². The molecule has 8 heteroatoms. The molecular weight excluding hydrogens is 243 g/mol. The number of ether oxygens (including phenoxy) is 1. The second-order valence-electron chi connectivity index (χ2n) is 3.09. The maximum absolute atomic E-state index is 12.0. The Morgan fingerprint density at radius 1 is 1.41 bits per heavy atom. The van der Waals surface area contributed by atoms with Crippen molar-refractivity contribution in [3.8, 4) is 5.75 Å². The van der Waals surface area contributed by atoms with Gasteiger partial charge in [0, 0.05) is 0 Å². The predicted molar refractivity (Wildman–Crippen MR) is 50.1 cm³/mol. The van der Waals surface area contributed by atoms with E-state index in [1.807, 2.05) is 0 Å². The average molecular weight is 251 g/mol. The predicted octanol–water partition coefficient (Wildman–Crippen LogP) is 1.29. The van der Waals surface area contributed by atoms with Crippen molar-refractivity contribution in [1.29, 1.82) is 0 Å². The Kier molecular flexibility index (Phi) is 3.47. The van der Waals surface area contributed by atoms with Gasteiger partial charge in [-0.25, -0.2) is 4.79 Å². The van der Waals surface area contributed by atoms with Gasteiger partial charge in [0.25, 0.3) is 0 Å². The van der Waals surface area contributed by atoms with Crippen LogP contribution in [0.2, 0.25) is 0 Å². The molecule has 1 atom stereocenters. The molecule has 0 aromatic heterocycles. The molecule has 1 aromatic rings. The number of carbonyl (C=O) groups is 1. The first kappa shape index (κ1) is 13.1. The fourth-order valence-electron chi connectivity index (χ4n) is 1.08. The van der Waals surface area contributed by atoms with E-state index in [1.165, 1.54) is 0 Å². The SMILES string of the molecule is Nc1ccc(C(O)C(=O)O)cc1OC(F)(F)F. The van der Waals surface area contributed by atoms with E-state index in [0.717, 1.165) is 18.2 Å². The van der Waals surface area contributed by atoms with Crippen molar-refractivity contribution in [2.45, 2.75) is 12.5 Å². The largest absolute Gasteiger partial charge is 0.573 e. The van der Waals surface area contributed by atoms with Crippen molar-refractivity contribution in [1.82, 2.24) is 0 Å². The van der Waals surface area contributed by atoms with Gasteiger partial charge in [-0.05, 0) is 17.7 Å². The van der Waals surface area contributed by atoms with Gasteiger partial charge in [0.05, 0.1) is 5.69 Å². The van der Waals surface area contributed by atoms with Crippen LogP contribution in [0.5, 0.6) is 5.75 Å². The van der Waals surface area contributed by atoms with Gasteiger partial charge in [-0.2, -0.15) is 0 Å². The lowest BCUT2D eigenvalue weighted by Gasteiger charge is -2.13. The molecule has 5 nitrogen and oxygen atoms in total. The number of anilines is 1. The smallest absolute Gasteiger partial charge is 0.479 e. The van der Waals surface area contributed by atoms with Gasteiger partial charge in [0.15, 0.2) is 11.9 Å². The number of benzene rings is 1. The van der Waals surface area contributed by atoms with Crippen LogP contribution in [0.3, 0.4) is 0 Å². The van der Waals surface area contributed by atoms with Crippen LogP contribution >= 0.6 is 0 Å². The molecule has 0 amide bonds. The minimum absolute atomic E-state index is 0.258. The van der Waals surface area contributed by atoms with Gasteiger partial charge in [0.2, 0.25) is 0 Å². The number of nitrogens with two attached hydrogens (primary N) is 1. The van der Waals surface area contributed by atoms with E-state index in [4.69, 9.17) is 15.9 Å². The molecule has 1 aromatic carbocycles. The number of nitrogen functional groups attached to an aromatic ring is 1. The van der Waals surface area contributed by atoms with Crippen molar-refractivity contribution in [2.75, 3.05) is 5.73 Å². The number of alkyl halides is 3. The number of rotatable bonds is 3. The highest BCUT2D eigenvalue weighted by Gasteiger charge is 2.32. The minimum Gasteiger partial charge on any atom is -0.479 e. The van der Waals surface area contributed by atoms with Gasteiger partial charge >= 0.3 is 12.3 Å². The summed E-state index contributed by atoms with van der Waals surface area (Å²) in [5.41, 5.74) is 4.64. The fourth-order valence-corrected chi connectivity index (χ4v) is 1.08. The van der Waals surface area contributed by atoms with Crippen molar-refractivity contribution in [3.05, 3.63) is 23.8 Å². The van der Waals surface area contributed by atoms with Crippen LogP contribution in [-0.2, 0) is 4.79 Å². The van der Waals surface area contributed by atoms with Gasteiger partial charge in [-0.15, -0.1) is 13.2 Å². The standard InChI is InChI=1S/C9H8F3NO4/c10-9(11,12)17-6-3-4(1-2-5(6)13)7(14)8(15)16/h1-3,7,14H,13H2,(H,15,16). The number of hydrogen-bond donors (Lipinski definition) is 3. The first-order valence-electron chi connectivity index (χ1n) is 4.27. The van der Waals surface area contributed by atoms with Gasteiger partial charge in [-0.1, -0.05) is 6.07 Å². The van der Waals surface area contributed by atoms with Crippen molar-refractivity contribution in [2.24, 2.45) is 0 Å². The Balaban J connectivity index is 3.06. The summed E-state index contributed by atoms with van der Waals surface area (Å²) in [7, 11) is 0.